The third-order valence-corrected chi connectivity index (χ3v) is 6.48. The molecule has 0 bridgehead atoms. The third-order valence-electron chi connectivity index (χ3n) is 6.48. The van der Waals surface area contributed by atoms with Crippen molar-refractivity contribution in [2.24, 2.45) is 23.0 Å². The van der Waals surface area contributed by atoms with Gasteiger partial charge in [0.25, 0.3) is 0 Å². The van der Waals surface area contributed by atoms with Crippen LogP contribution in [0, 0.1) is 17.3 Å². The van der Waals surface area contributed by atoms with Crippen LogP contribution in [0.5, 0.6) is 0 Å². The van der Waals surface area contributed by atoms with Gasteiger partial charge < -0.3 is 5.73 Å². The van der Waals surface area contributed by atoms with Gasteiger partial charge in [-0.1, -0.05) is 112 Å². The average Bonchev–Trinajstić information content (AvgIpc) is 2.64. The van der Waals surface area contributed by atoms with Crippen molar-refractivity contribution < 1.29 is 4.79 Å². The summed E-state index contributed by atoms with van der Waals surface area (Å²) in [5.41, 5.74) is 5.84. The van der Waals surface area contributed by atoms with E-state index in [0.29, 0.717) is 11.8 Å². The van der Waals surface area contributed by atoms with Crippen molar-refractivity contribution in [3.8, 4) is 0 Å². The monoisotopic (exact) mass is 367 g/mol. The molecule has 0 aromatic carbocycles. The quantitative estimate of drug-likeness (QED) is 0.248. The molecule has 2 atom stereocenters. The fourth-order valence-electron chi connectivity index (χ4n) is 4.49. The van der Waals surface area contributed by atoms with Gasteiger partial charge in [-0.3, -0.25) is 4.79 Å². The first-order valence-corrected chi connectivity index (χ1v) is 11.8. The number of hydrogen-bond acceptors (Lipinski definition) is 1. The van der Waals surface area contributed by atoms with Crippen LogP contribution in [-0.2, 0) is 4.79 Å². The maximum Gasteiger partial charge on any atom is 0.223 e. The lowest BCUT2D eigenvalue weighted by atomic mass is 9.67. The lowest BCUT2D eigenvalue weighted by Gasteiger charge is -2.37. The normalized spacial score (nSPS) is 16.2. The van der Waals surface area contributed by atoms with E-state index in [1.807, 2.05) is 0 Å². The van der Waals surface area contributed by atoms with E-state index in [1.54, 1.807) is 0 Å². The predicted molar refractivity (Wildman–Crippen MR) is 116 cm³/mol. The molecule has 0 aromatic rings. The van der Waals surface area contributed by atoms with Gasteiger partial charge in [0.05, 0.1) is 0 Å². The molecule has 2 N–H and O–H groups in total. The lowest BCUT2D eigenvalue weighted by Crippen LogP contribution is -2.40. The van der Waals surface area contributed by atoms with Crippen molar-refractivity contribution in [1.29, 1.82) is 0 Å². The number of hydrogen-bond donors (Lipinski definition) is 1. The molecule has 0 aliphatic heterocycles. The standard InChI is InChI=1S/C24H49NO/c1-6-11-14-15-18-24(23(25)26,19-21(9-4)16-12-7-2)20-22(10-5)17-13-8-3/h21-22H,6-20H2,1-5H3,(H2,25,26). The van der Waals surface area contributed by atoms with Crippen LogP contribution in [0.25, 0.3) is 0 Å². The molecule has 0 rings (SSSR count). The first-order chi connectivity index (χ1) is 12.5. The molecule has 26 heavy (non-hydrogen) atoms. The summed E-state index contributed by atoms with van der Waals surface area (Å²) in [5.74, 6) is 1.29. The molecule has 1 amide bonds. The fourth-order valence-corrected chi connectivity index (χ4v) is 4.49. The Balaban J connectivity index is 5.27. The zero-order valence-electron chi connectivity index (χ0n) is 18.7. The summed E-state index contributed by atoms with van der Waals surface area (Å²) < 4.78 is 0. The molecule has 0 aliphatic carbocycles. The molecular weight excluding hydrogens is 318 g/mol. The Labute approximate surface area is 165 Å². The molecule has 2 heteroatoms. The topological polar surface area (TPSA) is 43.1 Å². The Hall–Kier alpha value is -0.530. The fraction of sp³-hybridized carbons (Fsp3) is 0.958. The predicted octanol–water partition coefficient (Wildman–Crippen LogP) is 7.64. The molecule has 0 fully saturated rings. The van der Waals surface area contributed by atoms with Crippen molar-refractivity contribution in [3.05, 3.63) is 0 Å². The van der Waals surface area contributed by atoms with Crippen LogP contribution in [-0.4, -0.2) is 5.91 Å². The van der Waals surface area contributed by atoms with Gasteiger partial charge >= 0.3 is 0 Å². The van der Waals surface area contributed by atoms with Crippen molar-refractivity contribution in [1.82, 2.24) is 0 Å². The van der Waals surface area contributed by atoms with E-state index < -0.39 is 0 Å². The second kappa shape index (κ2) is 15.5. The van der Waals surface area contributed by atoms with Gasteiger partial charge in [-0.05, 0) is 31.1 Å². The van der Waals surface area contributed by atoms with E-state index in [4.69, 9.17) is 5.73 Å². The molecule has 156 valence electrons. The van der Waals surface area contributed by atoms with E-state index in [1.165, 1.54) is 70.6 Å². The molecule has 0 radical (unpaired) electrons. The van der Waals surface area contributed by atoms with Gasteiger partial charge in [-0.25, -0.2) is 0 Å². The lowest BCUT2D eigenvalue weighted by molar-refractivity contribution is -0.130. The van der Waals surface area contributed by atoms with Crippen LogP contribution < -0.4 is 5.73 Å². The number of carbonyl (C=O) groups is 1. The Kier molecular flexibility index (Phi) is 15.2. The third kappa shape index (κ3) is 9.97. The Bertz CT molecular complexity index is 321. The Morgan fingerprint density at radius 1 is 0.731 bits per heavy atom. The summed E-state index contributed by atoms with van der Waals surface area (Å²) in [7, 11) is 0. The molecule has 2 unspecified atom stereocenters. The second-order valence-electron chi connectivity index (χ2n) is 8.70. The molecule has 0 heterocycles. The van der Waals surface area contributed by atoms with Gasteiger partial charge in [0.1, 0.15) is 0 Å². The van der Waals surface area contributed by atoms with E-state index in [0.717, 1.165) is 25.7 Å². The average molecular weight is 368 g/mol. The zero-order chi connectivity index (χ0) is 19.8. The summed E-state index contributed by atoms with van der Waals surface area (Å²) in [4.78, 5) is 12.8. The minimum atomic E-state index is -0.267. The molecular formula is C24H49NO. The van der Waals surface area contributed by atoms with Crippen molar-refractivity contribution in [2.75, 3.05) is 0 Å². The van der Waals surface area contributed by atoms with Crippen molar-refractivity contribution in [2.45, 2.75) is 131 Å². The van der Waals surface area contributed by atoms with Gasteiger partial charge in [-0.15, -0.1) is 0 Å². The molecule has 0 saturated heterocycles. The van der Waals surface area contributed by atoms with Gasteiger partial charge in [-0.2, -0.15) is 0 Å². The van der Waals surface area contributed by atoms with Crippen molar-refractivity contribution >= 4 is 5.91 Å². The highest BCUT2D eigenvalue weighted by Gasteiger charge is 2.39. The molecule has 0 aromatic heterocycles. The number of unbranched alkanes of at least 4 members (excludes halogenated alkanes) is 5. The SMILES string of the molecule is CCCCCCC(CC(CC)CCCC)(CC(CC)CCCC)C(N)=O. The van der Waals surface area contributed by atoms with Crippen LogP contribution in [0.1, 0.15) is 131 Å². The van der Waals surface area contributed by atoms with Crippen LogP contribution in [0.3, 0.4) is 0 Å². The van der Waals surface area contributed by atoms with Crippen LogP contribution >= 0.6 is 0 Å². The molecule has 0 saturated carbocycles. The van der Waals surface area contributed by atoms with Gasteiger partial charge in [0.15, 0.2) is 0 Å². The summed E-state index contributed by atoms with van der Waals surface area (Å²) in [6, 6.07) is 0. The largest absolute Gasteiger partial charge is 0.369 e. The summed E-state index contributed by atoms with van der Waals surface area (Å²) in [6.45, 7) is 11.3. The first-order valence-electron chi connectivity index (χ1n) is 11.8. The smallest absolute Gasteiger partial charge is 0.223 e. The van der Waals surface area contributed by atoms with Crippen LogP contribution in [0.4, 0.5) is 0 Å². The van der Waals surface area contributed by atoms with Gasteiger partial charge in [0.2, 0.25) is 5.91 Å². The second-order valence-corrected chi connectivity index (χ2v) is 8.70. The van der Waals surface area contributed by atoms with E-state index in [2.05, 4.69) is 34.6 Å². The number of primary amides is 1. The zero-order valence-corrected chi connectivity index (χ0v) is 18.7. The highest BCUT2D eigenvalue weighted by molar-refractivity contribution is 5.80. The summed E-state index contributed by atoms with van der Waals surface area (Å²) in [5, 5.41) is 0. The van der Waals surface area contributed by atoms with E-state index in [9.17, 15) is 4.79 Å². The number of amides is 1. The number of carbonyl (C=O) groups excluding carboxylic acids is 1. The first kappa shape index (κ1) is 25.5. The molecule has 0 aliphatic rings. The van der Waals surface area contributed by atoms with E-state index in [-0.39, 0.29) is 11.3 Å². The highest BCUT2D eigenvalue weighted by Crippen LogP contribution is 2.42. The maximum atomic E-state index is 12.8. The Morgan fingerprint density at radius 2 is 1.19 bits per heavy atom. The maximum absolute atomic E-state index is 12.8. The minimum absolute atomic E-state index is 0.0149. The minimum Gasteiger partial charge on any atom is -0.369 e. The van der Waals surface area contributed by atoms with Gasteiger partial charge in [0, 0.05) is 5.41 Å². The highest BCUT2D eigenvalue weighted by atomic mass is 16.1. The van der Waals surface area contributed by atoms with Crippen LogP contribution in [0.15, 0.2) is 0 Å². The number of rotatable bonds is 18. The van der Waals surface area contributed by atoms with E-state index >= 15 is 0 Å². The molecule has 2 nitrogen and oxygen atoms in total. The summed E-state index contributed by atoms with van der Waals surface area (Å²) in [6.07, 6.45) is 17.8. The van der Waals surface area contributed by atoms with Crippen molar-refractivity contribution in [3.63, 3.8) is 0 Å². The Morgan fingerprint density at radius 3 is 1.54 bits per heavy atom. The molecule has 0 spiro atoms. The van der Waals surface area contributed by atoms with Crippen LogP contribution in [0.2, 0.25) is 0 Å². The summed E-state index contributed by atoms with van der Waals surface area (Å²) >= 11 is 0. The number of nitrogens with two attached hydrogens (primary N) is 1.